The highest BCUT2D eigenvalue weighted by Gasteiger charge is 2.24. The molecule has 1 amide bonds. The summed E-state index contributed by atoms with van der Waals surface area (Å²) in [6, 6.07) is 1.80. The van der Waals surface area contributed by atoms with Crippen LogP contribution in [0.4, 0.5) is 0 Å². The first-order valence-electron chi connectivity index (χ1n) is 5.97. The molecule has 1 aromatic rings. The average Bonchev–Trinajstić information content (AvgIpc) is 2.92. The first kappa shape index (κ1) is 12.7. The SMILES string of the molecule is CC.CC(CC1CC1)NC(=O)c1ccon1. The molecule has 0 aromatic carbocycles. The van der Waals surface area contributed by atoms with Crippen molar-refractivity contribution in [2.75, 3.05) is 0 Å². The molecule has 4 nitrogen and oxygen atoms in total. The molecule has 1 aliphatic carbocycles. The third-order valence-corrected chi connectivity index (χ3v) is 2.43. The summed E-state index contributed by atoms with van der Waals surface area (Å²) in [4.78, 5) is 11.5. The molecule has 1 N–H and O–H groups in total. The topological polar surface area (TPSA) is 55.1 Å². The van der Waals surface area contributed by atoms with Crippen LogP contribution in [0, 0.1) is 5.92 Å². The lowest BCUT2D eigenvalue weighted by atomic mass is 10.1. The predicted octanol–water partition coefficient (Wildman–Crippen LogP) is 2.62. The highest BCUT2D eigenvalue weighted by Crippen LogP contribution is 2.33. The summed E-state index contributed by atoms with van der Waals surface area (Å²) in [5.74, 6) is 0.675. The van der Waals surface area contributed by atoms with Crippen molar-refractivity contribution in [1.29, 1.82) is 0 Å². The van der Waals surface area contributed by atoms with E-state index in [0.29, 0.717) is 5.69 Å². The van der Waals surface area contributed by atoms with Crippen molar-refractivity contribution >= 4 is 5.91 Å². The van der Waals surface area contributed by atoms with Gasteiger partial charge in [0.05, 0.1) is 0 Å². The van der Waals surface area contributed by atoms with E-state index in [0.717, 1.165) is 12.3 Å². The molecule has 1 unspecified atom stereocenters. The molecule has 1 fully saturated rings. The maximum Gasteiger partial charge on any atom is 0.273 e. The van der Waals surface area contributed by atoms with Gasteiger partial charge in [0.1, 0.15) is 6.26 Å². The van der Waals surface area contributed by atoms with Crippen LogP contribution < -0.4 is 5.32 Å². The van der Waals surface area contributed by atoms with Gasteiger partial charge in [-0.1, -0.05) is 31.8 Å². The summed E-state index contributed by atoms with van der Waals surface area (Å²) in [5, 5.41) is 6.47. The lowest BCUT2D eigenvalue weighted by Gasteiger charge is -2.11. The zero-order valence-corrected chi connectivity index (χ0v) is 10.2. The summed E-state index contributed by atoms with van der Waals surface area (Å²) < 4.78 is 4.60. The summed E-state index contributed by atoms with van der Waals surface area (Å²) in [6.45, 7) is 6.02. The van der Waals surface area contributed by atoms with Crippen LogP contribution in [0.1, 0.15) is 50.5 Å². The smallest absolute Gasteiger partial charge is 0.273 e. The van der Waals surface area contributed by atoms with Gasteiger partial charge in [-0.15, -0.1) is 0 Å². The quantitative estimate of drug-likeness (QED) is 0.855. The Labute approximate surface area is 96.4 Å². The maximum atomic E-state index is 11.5. The largest absolute Gasteiger partial charge is 0.364 e. The van der Waals surface area contributed by atoms with Gasteiger partial charge in [0.25, 0.3) is 5.91 Å². The van der Waals surface area contributed by atoms with E-state index in [-0.39, 0.29) is 11.9 Å². The zero-order chi connectivity index (χ0) is 12.0. The molecule has 0 aliphatic heterocycles. The van der Waals surface area contributed by atoms with Crippen molar-refractivity contribution in [2.45, 2.75) is 46.1 Å². The number of rotatable bonds is 4. The molecule has 1 aliphatic rings. The fourth-order valence-corrected chi connectivity index (χ4v) is 1.54. The van der Waals surface area contributed by atoms with Gasteiger partial charge in [0.15, 0.2) is 5.69 Å². The van der Waals surface area contributed by atoms with Crippen LogP contribution >= 0.6 is 0 Å². The number of hydrogen-bond acceptors (Lipinski definition) is 3. The molecule has 0 saturated heterocycles. The second kappa shape index (κ2) is 6.30. The Morgan fingerprint density at radius 1 is 1.62 bits per heavy atom. The van der Waals surface area contributed by atoms with Gasteiger partial charge in [0, 0.05) is 12.1 Å². The Hall–Kier alpha value is -1.32. The van der Waals surface area contributed by atoms with Crippen LogP contribution in [0.5, 0.6) is 0 Å². The fraction of sp³-hybridized carbons (Fsp3) is 0.667. The van der Waals surface area contributed by atoms with E-state index in [1.54, 1.807) is 6.07 Å². The fourth-order valence-electron chi connectivity index (χ4n) is 1.54. The molecule has 1 aromatic heterocycles. The Balaban J connectivity index is 0.000000606. The summed E-state index contributed by atoms with van der Waals surface area (Å²) in [5.41, 5.74) is 0.354. The first-order valence-corrected chi connectivity index (χ1v) is 5.97. The van der Waals surface area contributed by atoms with Crippen LogP contribution in [0.2, 0.25) is 0 Å². The number of aromatic nitrogens is 1. The van der Waals surface area contributed by atoms with Crippen LogP contribution in [-0.4, -0.2) is 17.1 Å². The van der Waals surface area contributed by atoms with Crippen LogP contribution in [0.3, 0.4) is 0 Å². The molecule has 16 heavy (non-hydrogen) atoms. The van der Waals surface area contributed by atoms with E-state index in [1.807, 2.05) is 20.8 Å². The molecule has 90 valence electrons. The highest BCUT2D eigenvalue weighted by molar-refractivity contribution is 5.92. The van der Waals surface area contributed by atoms with Crippen molar-refractivity contribution in [2.24, 2.45) is 5.92 Å². The third-order valence-electron chi connectivity index (χ3n) is 2.43. The van der Waals surface area contributed by atoms with Gasteiger partial charge in [-0.2, -0.15) is 0 Å². The van der Waals surface area contributed by atoms with Crippen molar-refractivity contribution in [1.82, 2.24) is 10.5 Å². The van der Waals surface area contributed by atoms with Gasteiger partial charge < -0.3 is 9.84 Å². The standard InChI is InChI=1S/C10H14N2O2.C2H6/c1-7(6-8-2-3-8)11-10(13)9-4-5-14-12-9;1-2/h4-5,7-8H,2-3,6H2,1H3,(H,11,13);1-2H3. The zero-order valence-electron chi connectivity index (χ0n) is 10.2. The number of nitrogens with one attached hydrogen (secondary N) is 1. The molecule has 0 bridgehead atoms. The molecular weight excluding hydrogens is 204 g/mol. The minimum atomic E-state index is -0.146. The molecule has 0 radical (unpaired) electrons. The van der Waals surface area contributed by atoms with Crippen molar-refractivity contribution in [3.05, 3.63) is 18.0 Å². The molecule has 1 saturated carbocycles. The van der Waals surface area contributed by atoms with E-state index >= 15 is 0 Å². The van der Waals surface area contributed by atoms with Gasteiger partial charge >= 0.3 is 0 Å². The van der Waals surface area contributed by atoms with E-state index in [9.17, 15) is 4.79 Å². The summed E-state index contributed by atoms with van der Waals surface area (Å²) >= 11 is 0. The Morgan fingerprint density at radius 3 is 2.81 bits per heavy atom. The lowest BCUT2D eigenvalue weighted by Crippen LogP contribution is -2.33. The second-order valence-corrected chi connectivity index (χ2v) is 3.94. The summed E-state index contributed by atoms with van der Waals surface area (Å²) in [7, 11) is 0. The van der Waals surface area contributed by atoms with E-state index in [4.69, 9.17) is 0 Å². The van der Waals surface area contributed by atoms with E-state index < -0.39 is 0 Å². The lowest BCUT2D eigenvalue weighted by molar-refractivity contribution is 0.0928. The highest BCUT2D eigenvalue weighted by atomic mass is 16.5. The number of hydrogen-bond donors (Lipinski definition) is 1. The molecule has 2 rings (SSSR count). The van der Waals surface area contributed by atoms with Gasteiger partial charge in [0.2, 0.25) is 0 Å². The van der Waals surface area contributed by atoms with Crippen molar-refractivity contribution in [3.8, 4) is 0 Å². The minimum absolute atomic E-state index is 0.146. The molecular formula is C12H20N2O2. The number of nitrogens with zero attached hydrogens (tertiary/aromatic N) is 1. The molecule has 1 atom stereocenters. The van der Waals surface area contributed by atoms with Gasteiger partial charge in [-0.05, 0) is 19.3 Å². The Morgan fingerprint density at radius 2 is 2.31 bits per heavy atom. The van der Waals surface area contributed by atoms with Gasteiger partial charge in [-0.25, -0.2) is 0 Å². The van der Waals surface area contributed by atoms with E-state index in [2.05, 4.69) is 15.0 Å². The summed E-state index contributed by atoms with van der Waals surface area (Å²) in [6.07, 6.45) is 5.10. The number of amides is 1. The Bertz CT molecular complexity index is 305. The van der Waals surface area contributed by atoms with Crippen LogP contribution in [0.25, 0.3) is 0 Å². The Kier molecular flexibility index (Phi) is 5.02. The molecule has 4 heteroatoms. The predicted molar refractivity (Wildman–Crippen MR) is 62.1 cm³/mol. The number of carbonyl (C=O) groups excluding carboxylic acids is 1. The van der Waals surface area contributed by atoms with Crippen molar-refractivity contribution in [3.63, 3.8) is 0 Å². The number of carbonyl (C=O) groups is 1. The van der Waals surface area contributed by atoms with Gasteiger partial charge in [-0.3, -0.25) is 4.79 Å². The normalized spacial score (nSPS) is 15.9. The molecule has 0 spiro atoms. The average molecular weight is 224 g/mol. The van der Waals surface area contributed by atoms with Crippen LogP contribution in [0.15, 0.2) is 16.9 Å². The monoisotopic (exact) mass is 224 g/mol. The van der Waals surface area contributed by atoms with Crippen molar-refractivity contribution < 1.29 is 9.32 Å². The maximum absolute atomic E-state index is 11.5. The third kappa shape index (κ3) is 4.04. The first-order chi connectivity index (χ1) is 7.75. The minimum Gasteiger partial charge on any atom is -0.364 e. The van der Waals surface area contributed by atoms with Crippen LogP contribution in [-0.2, 0) is 0 Å². The van der Waals surface area contributed by atoms with E-state index in [1.165, 1.54) is 19.1 Å². The molecule has 1 heterocycles. The second-order valence-electron chi connectivity index (χ2n) is 3.94.